The summed E-state index contributed by atoms with van der Waals surface area (Å²) in [5.74, 6) is 0. The van der Waals surface area contributed by atoms with E-state index in [0.717, 1.165) is 16.7 Å². The molecule has 0 heterocycles. The molecule has 0 saturated heterocycles. The second-order valence-electron chi connectivity index (χ2n) is 5.34. The maximum atomic E-state index is 3.55. The third-order valence-electron chi connectivity index (χ3n) is 3.41. The van der Waals surface area contributed by atoms with Crippen LogP contribution in [0.25, 0.3) is 0 Å². The van der Waals surface area contributed by atoms with Crippen LogP contribution in [0, 0.1) is 13.8 Å². The Morgan fingerprint density at radius 2 is 1.80 bits per heavy atom. The molecule has 106 valence electrons. The van der Waals surface area contributed by atoms with Crippen molar-refractivity contribution in [2.75, 3.05) is 24.3 Å². The van der Waals surface area contributed by atoms with Gasteiger partial charge in [-0.25, -0.2) is 0 Å². The van der Waals surface area contributed by atoms with E-state index in [-0.39, 0.29) is 0 Å². The number of aryl methyl sites for hydroxylation is 2. The van der Waals surface area contributed by atoms with Crippen molar-refractivity contribution < 1.29 is 0 Å². The van der Waals surface area contributed by atoms with Crippen LogP contribution in [0.5, 0.6) is 0 Å². The van der Waals surface area contributed by atoms with Crippen LogP contribution in [0.4, 0.5) is 11.4 Å². The van der Waals surface area contributed by atoms with E-state index in [1.54, 1.807) is 0 Å². The van der Waals surface area contributed by atoms with Gasteiger partial charge in [-0.1, -0.05) is 39.7 Å². The highest BCUT2D eigenvalue weighted by atomic mass is 79.9. The van der Waals surface area contributed by atoms with Crippen molar-refractivity contribution in [2.24, 2.45) is 0 Å². The molecule has 2 aromatic rings. The van der Waals surface area contributed by atoms with Gasteiger partial charge >= 0.3 is 0 Å². The molecular formula is C17H21BrN2. The van der Waals surface area contributed by atoms with Gasteiger partial charge in [0, 0.05) is 25.1 Å². The standard InChI is InChI=1S/C17H21BrN2/c1-12-5-6-13(2)14(9-12)11-19-16-10-15(18)7-8-17(16)20(3)4/h5-10,19H,11H2,1-4H3. The molecule has 0 fully saturated rings. The smallest absolute Gasteiger partial charge is 0.0597 e. The van der Waals surface area contributed by atoms with Crippen molar-refractivity contribution in [3.8, 4) is 0 Å². The third-order valence-corrected chi connectivity index (χ3v) is 3.91. The summed E-state index contributed by atoms with van der Waals surface area (Å²) in [4.78, 5) is 2.12. The van der Waals surface area contributed by atoms with Crippen molar-refractivity contribution in [3.63, 3.8) is 0 Å². The molecule has 0 saturated carbocycles. The summed E-state index contributed by atoms with van der Waals surface area (Å²) < 4.78 is 1.09. The summed E-state index contributed by atoms with van der Waals surface area (Å²) in [5.41, 5.74) is 6.30. The highest BCUT2D eigenvalue weighted by molar-refractivity contribution is 9.10. The summed E-state index contributed by atoms with van der Waals surface area (Å²) in [7, 11) is 4.12. The van der Waals surface area contributed by atoms with Gasteiger partial charge in [0.15, 0.2) is 0 Å². The van der Waals surface area contributed by atoms with E-state index in [1.807, 2.05) is 0 Å². The predicted octanol–water partition coefficient (Wildman–Crippen LogP) is 4.74. The lowest BCUT2D eigenvalue weighted by atomic mass is 10.1. The number of hydrogen-bond donors (Lipinski definition) is 1. The summed E-state index contributed by atoms with van der Waals surface area (Å²) in [6.45, 7) is 5.13. The fourth-order valence-corrected chi connectivity index (χ4v) is 2.58. The maximum Gasteiger partial charge on any atom is 0.0597 e. The Bertz CT molecular complexity index is 606. The first kappa shape index (κ1) is 14.9. The van der Waals surface area contributed by atoms with Gasteiger partial charge < -0.3 is 10.2 Å². The van der Waals surface area contributed by atoms with E-state index in [0.29, 0.717) is 0 Å². The van der Waals surface area contributed by atoms with Crippen LogP contribution in [-0.4, -0.2) is 14.1 Å². The van der Waals surface area contributed by atoms with Gasteiger partial charge in [0.25, 0.3) is 0 Å². The molecule has 0 spiro atoms. The molecule has 0 aliphatic carbocycles. The summed E-state index contributed by atoms with van der Waals surface area (Å²) >= 11 is 3.54. The number of nitrogens with one attached hydrogen (secondary N) is 1. The van der Waals surface area contributed by atoms with E-state index in [1.165, 1.54) is 22.4 Å². The minimum absolute atomic E-state index is 0.838. The fourth-order valence-electron chi connectivity index (χ4n) is 2.22. The molecule has 0 unspecified atom stereocenters. The van der Waals surface area contributed by atoms with E-state index in [4.69, 9.17) is 0 Å². The maximum absolute atomic E-state index is 3.55. The van der Waals surface area contributed by atoms with Gasteiger partial charge in [-0.05, 0) is 43.2 Å². The molecule has 0 radical (unpaired) electrons. The van der Waals surface area contributed by atoms with Gasteiger partial charge in [0.1, 0.15) is 0 Å². The topological polar surface area (TPSA) is 15.3 Å². The summed E-state index contributed by atoms with van der Waals surface area (Å²) in [6.07, 6.45) is 0. The molecule has 2 rings (SSSR count). The number of hydrogen-bond acceptors (Lipinski definition) is 2. The van der Waals surface area contributed by atoms with Crippen LogP contribution in [0.2, 0.25) is 0 Å². The Kier molecular flexibility index (Phi) is 4.71. The first-order valence-corrected chi connectivity index (χ1v) is 7.53. The van der Waals surface area contributed by atoms with Gasteiger partial charge in [-0.15, -0.1) is 0 Å². The van der Waals surface area contributed by atoms with Crippen molar-refractivity contribution in [1.82, 2.24) is 0 Å². The zero-order valence-corrected chi connectivity index (χ0v) is 14.1. The molecule has 0 aromatic heterocycles. The fraction of sp³-hybridized carbons (Fsp3) is 0.294. The van der Waals surface area contributed by atoms with Gasteiger partial charge in [0.05, 0.1) is 11.4 Å². The van der Waals surface area contributed by atoms with Crippen molar-refractivity contribution in [1.29, 1.82) is 0 Å². The minimum Gasteiger partial charge on any atom is -0.379 e. The minimum atomic E-state index is 0.838. The molecule has 2 aromatic carbocycles. The number of anilines is 2. The largest absolute Gasteiger partial charge is 0.379 e. The Labute approximate surface area is 129 Å². The molecular weight excluding hydrogens is 312 g/mol. The molecule has 0 aliphatic heterocycles. The van der Waals surface area contributed by atoms with Gasteiger partial charge in [-0.2, -0.15) is 0 Å². The first-order valence-electron chi connectivity index (χ1n) is 6.74. The van der Waals surface area contributed by atoms with E-state index >= 15 is 0 Å². The van der Waals surface area contributed by atoms with Gasteiger partial charge in [0.2, 0.25) is 0 Å². The van der Waals surface area contributed by atoms with Crippen molar-refractivity contribution >= 4 is 27.3 Å². The quantitative estimate of drug-likeness (QED) is 0.869. The van der Waals surface area contributed by atoms with Crippen LogP contribution in [0.1, 0.15) is 16.7 Å². The summed E-state index contributed by atoms with van der Waals surface area (Å²) in [5, 5.41) is 3.55. The molecule has 3 heteroatoms. The molecule has 0 atom stereocenters. The van der Waals surface area contributed by atoms with E-state index < -0.39 is 0 Å². The normalized spacial score (nSPS) is 10.4. The van der Waals surface area contributed by atoms with E-state index in [9.17, 15) is 0 Å². The lowest BCUT2D eigenvalue weighted by molar-refractivity contribution is 1.08. The van der Waals surface area contributed by atoms with Crippen LogP contribution in [0.15, 0.2) is 40.9 Å². The number of halogens is 1. The molecule has 2 nitrogen and oxygen atoms in total. The van der Waals surface area contributed by atoms with E-state index in [2.05, 4.69) is 90.5 Å². The predicted molar refractivity (Wildman–Crippen MR) is 91.7 cm³/mol. The Hall–Kier alpha value is -1.48. The van der Waals surface area contributed by atoms with Gasteiger partial charge in [-0.3, -0.25) is 0 Å². The molecule has 0 aliphatic rings. The SMILES string of the molecule is Cc1ccc(C)c(CNc2cc(Br)ccc2N(C)C)c1. The number of nitrogens with zero attached hydrogens (tertiary/aromatic N) is 1. The van der Waals surface area contributed by atoms with Crippen LogP contribution < -0.4 is 10.2 Å². The molecule has 0 amide bonds. The van der Waals surface area contributed by atoms with Crippen molar-refractivity contribution in [2.45, 2.75) is 20.4 Å². The zero-order chi connectivity index (χ0) is 14.7. The molecule has 1 N–H and O–H groups in total. The highest BCUT2D eigenvalue weighted by Gasteiger charge is 2.06. The third kappa shape index (κ3) is 3.54. The van der Waals surface area contributed by atoms with Crippen LogP contribution in [-0.2, 0) is 6.54 Å². The highest BCUT2D eigenvalue weighted by Crippen LogP contribution is 2.28. The Morgan fingerprint density at radius 1 is 1.05 bits per heavy atom. The second-order valence-corrected chi connectivity index (χ2v) is 6.26. The summed E-state index contributed by atoms with van der Waals surface area (Å²) in [6, 6.07) is 12.9. The Morgan fingerprint density at radius 3 is 2.50 bits per heavy atom. The van der Waals surface area contributed by atoms with Crippen LogP contribution >= 0.6 is 15.9 Å². The Balaban J connectivity index is 2.22. The monoisotopic (exact) mass is 332 g/mol. The average molecular weight is 333 g/mol. The number of rotatable bonds is 4. The molecule has 0 bridgehead atoms. The zero-order valence-electron chi connectivity index (χ0n) is 12.5. The number of benzene rings is 2. The lowest BCUT2D eigenvalue weighted by Crippen LogP contribution is -2.12. The van der Waals surface area contributed by atoms with Crippen LogP contribution in [0.3, 0.4) is 0 Å². The molecule has 20 heavy (non-hydrogen) atoms. The first-order chi connectivity index (χ1) is 9.47. The second kappa shape index (κ2) is 6.31. The average Bonchev–Trinajstić information content (AvgIpc) is 2.39. The lowest BCUT2D eigenvalue weighted by Gasteiger charge is -2.19. The van der Waals surface area contributed by atoms with Crippen molar-refractivity contribution in [3.05, 3.63) is 57.6 Å².